The molecule has 0 amide bonds. The van der Waals surface area contributed by atoms with Gasteiger partial charge in [-0.25, -0.2) is 0 Å². The molecule has 14 heavy (non-hydrogen) atoms. The van der Waals surface area contributed by atoms with Crippen LogP contribution in [0.4, 0.5) is 0 Å². The molecule has 0 aliphatic rings. The summed E-state index contributed by atoms with van der Waals surface area (Å²) in [7, 11) is 0. The summed E-state index contributed by atoms with van der Waals surface area (Å²) < 4.78 is 5.24. The van der Waals surface area contributed by atoms with E-state index in [-0.39, 0.29) is 71.6 Å². The fourth-order valence-corrected chi connectivity index (χ4v) is 0.895. The monoisotopic (exact) mass is 302 g/mol. The topological polar surface area (TPSA) is 29.5 Å². The SMILES string of the molecule is CCCCC(CO)OCC.Cl.Cl.Cl.[Ti]. The van der Waals surface area contributed by atoms with E-state index in [1.54, 1.807) is 0 Å². The molecule has 0 aromatic carbocycles. The van der Waals surface area contributed by atoms with E-state index in [2.05, 4.69) is 6.92 Å². The zero-order valence-electron chi connectivity index (χ0n) is 8.69. The predicted molar refractivity (Wildman–Crippen MR) is 63.8 cm³/mol. The number of aliphatic hydroxyl groups excluding tert-OH is 1. The zero-order valence-corrected chi connectivity index (χ0v) is 12.7. The fourth-order valence-electron chi connectivity index (χ4n) is 0.895. The smallest absolute Gasteiger partial charge is 0.0805 e. The average molecular weight is 303 g/mol. The Bertz CT molecular complexity index is 79.6. The van der Waals surface area contributed by atoms with Gasteiger partial charge < -0.3 is 9.84 Å². The zero-order chi connectivity index (χ0) is 7.82. The molecule has 0 aliphatic heterocycles. The van der Waals surface area contributed by atoms with Crippen molar-refractivity contribution in [2.75, 3.05) is 13.2 Å². The largest absolute Gasteiger partial charge is 0.394 e. The normalized spacial score (nSPS) is 9.64. The molecule has 0 aliphatic carbocycles. The van der Waals surface area contributed by atoms with Crippen molar-refractivity contribution in [2.24, 2.45) is 0 Å². The summed E-state index contributed by atoms with van der Waals surface area (Å²) in [5.74, 6) is 0. The number of hydrogen-bond donors (Lipinski definition) is 1. The first kappa shape index (κ1) is 29.6. The van der Waals surface area contributed by atoms with Crippen LogP contribution in [-0.4, -0.2) is 24.4 Å². The second-order valence-electron chi connectivity index (χ2n) is 2.40. The van der Waals surface area contributed by atoms with Gasteiger partial charge in [0.2, 0.25) is 0 Å². The van der Waals surface area contributed by atoms with Gasteiger partial charge in [-0.3, -0.25) is 0 Å². The Morgan fingerprint density at radius 2 is 1.64 bits per heavy atom. The molecule has 90 valence electrons. The van der Waals surface area contributed by atoms with Gasteiger partial charge in [0.25, 0.3) is 0 Å². The number of rotatable bonds is 6. The third-order valence-corrected chi connectivity index (χ3v) is 1.49. The molecule has 0 aromatic heterocycles. The van der Waals surface area contributed by atoms with Crippen molar-refractivity contribution in [1.82, 2.24) is 0 Å². The maximum absolute atomic E-state index is 8.76. The number of ether oxygens (including phenoxy) is 1. The molecule has 0 spiro atoms. The molecular formula is C8H21Cl3O2Ti. The number of aliphatic hydroxyl groups is 1. The summed E-state index contributed by atoms with van der Waals surface area (Å²) in [4.78, 5) is 0. The van der Waals surface area contributed by atoms with Crippen LogP contribution in [0, 0.1) is 0 Å². The molecule has 1 unspecified atom stereocenters. The maximum atomic E-state index is 8.76. The molecular weight excluding hydrogens is 282 g/mol. The van der Waals surface area contributed by atoms with Crippen LogP contribution < -0.4 is 0 Å². The van der Waals surface area contributed by atoms with Gasteiger partial charge in [0, 0.05) is 28.3 Å². The Morgan fingerprint density at radius 3 is 1.93 bits per heavy atom. The molecule has 0 fully saturated rings. The van der Waals surface area contributed by atoms with Crippen LogP contribution in [0.3, 0.4) is 0 Å². The Morgan fingerprint density at radius 1 is 1.14 bits per heavy atom. The van der Waals surface area contributed by atoms with Crippen molar-refractivity contribution in [1.29, 1.82) is 0 Å². The van der Waals surface area contributed by atoms with E-state index in [0.717, 1.165) is 12.8 Å². The summed E-state index contributed by atoms with van der Waals surface area (Å²) in [6, 6.07) is 0. The van der Waals surface area contributed by atoms with Crippen LogP contribution in [0.1, 0.15) is 33.1 Å². The van der Waals surface area contributed by atoms with Gasteiger partial charge in [-0.05, 0) is 13.3 Å². The van der Waals surface area contributed by atoms with Crippen LogP contribution >= 0.6 is 37.2 Å². The Balaban J connectivity index is -0.0000000675. The van der Waals surface area contributed by atoms with Crippen molar-refractivity contribution in [3.63, 3.8) is 0 Å². The van der Waals surface area contributed by atoms with Crippen LogP contribution in [-0.2, 0) is 26.5 Å². The third kappa shape index (κ3) is 19.1. The van der Waals surface area contributed by atoms with Gasteiger partial charge >= 0.3 is 0 Å². The quantitative estimate of drug-likeness (QED) is 0.765. The summed E-state index contributed by atoms with van der Waals surface area (Å²) >= 11 is 0. The third-order valence-electron chi connectivity index (χ3n) is 1.49. The van der Waals surface area contributed by atoms with Gasteiger partial charge in [-0.1, -0.05) is 19.8 Å². The molecule has 0 saturated carbocycles. The molecule has 0 heterocycles. The maximum Gasteiger partial charge on any atom is 0.0805 e. The van der Waals surface area contributed by atoms with E-state index in [1.807, 2.05) is 6.92 Å². The van der Waals surface area contributed by atoms with Crippen LogP contribution in [0.15, 0.2) is 0 Å². The number of unbranched alkanes of at least 4 members (excludes halogenated alkanes) is 1. The molecule has 0 rings (SSSR count). The minimum Gasteiger partial charge on any atom is -0.394 e. The second-order valence-corrected chi connectivity index (χ2v) is 2.40. The van der Waals surface area contributed by atoms with Crippen LogP contribution in [0.25, 0.3) is 0 Å². The Labute approximate surface area is 121 Å². The van der Waals surface area contributed by atoms with Gasteiger partial charge in [0.05, 0.1) is 12.7 Å². The van der Waals surface area contributed by atoms with E-state index in [1.165, 1.54) is 6.42 Å². The van der Waals surface area contributed by atoms with E-state index in [0.29, 0.717) is 6.61 Å². The summed E-state index contributed by atoms with van der Waals surface area (Å²) in [6.45, 7) is 4.96. The fraction of sp³-hybridized carbons (Fsp3) is 1.00. The van der Waals surface area contributed by atoms with Gasteiger partial charge in [0.1, 0.15) is 0 Å². The molecule has 1 N–H and O–H groups in total. The number of halogens is 3. The average Bonchev–Trinajstić information content (AvgIpc) is 1.98. The predicted octanol–water partition coefficient (Wildman–Crippen LogP) is 2.84. The second kappa shape index (κ2) is 24.0. The summed E-state index contributed by atoms with van der Waals surface area (Å²) in [6.07, 6.45) is 3.38. The van der Waals surface area contributed by atoms with Crippen molar-refractivity contribution in [3.05, 3.63) is 0 Å². The Hall–Kier alpha value is 1.50. The minimum atomic E-state index is 0. The molecule has 6 heteroatoms. The number of hydrogen-bond acceptors (Lipinski definition) is 2. The molecule has 2 nitrogen and oxygen atoms in total. The molecule has 0 aromatic rings. The molecule has 0 saturated heterocycles. The molecule has 0 bridgehead atoms. The van der Waals surface area contributed by atoms with Gasteiger partial charge in [-0.2, -0.15) is 0 Å². The van der Waals surface area contributed by atoms with Crippen molar-refractivity contribution in [3.8, 4) is 0 Å². The molecule has 0 radical (unpaired) electrons. The van der Waals surface area contributed by atoms with Crippen molar-refractivity contribution >= 4 is 37.2 Å². The van der Waals surface area contributed by atoms with Crippen molar-refractivity contribution in [2.45, 2.75) is 39.2 Å². The Kier molecular flexibility index (Phi) is 50.6. The standard InChI is InChI=1S/C8H18O2.3ClH.Ti/c1-3-5-6-8(7-9)10-4-2;;;;/h8-9H,3-7H2,1-2H3;3*1H;. The minimum absolute atomic E-state index is 0. The van der Waals surface area contributed by atoms with E-state index in [4.69, 9.17) is 9.84 Å². The first-order chi connectivity index (χ1) is 4.85. The van der Waals surface area contributed by atoms with Crippen LogP contribution in [0.5, 0.6) is 0 Å². The first-order valence-electron chi connectivity index (χ1n) is 4.07. The summed E-state index contributed by atoms with van der Waals surface area (Å²) in [5.41, 5.74) is 0. The van der Waals surface area contributed by atoms with Crippen LogP contribution in [0.2, 0.25) is 0 Å². The van der Waals surface area contributed by atoms with E-state index >= 15 is 0 Å². The first-order valence-corrected chi connectivity index (χ1v) is 4.07. The van der Waals surface area contributed by atoms with E-state index in [9.17, 15) is 0 Å². The van der Waals surface area contributed by atoms with Gasteiger partial charge in [-0.15, -0.1) is 37.2 Å². The summed E-state index contributed by atoms with van der Waals surface area (Å²) in [5, 5.41) is 8.76. The van der Waals surface area contributed by atoms with Gasteiger partial charge in [0.15, 0.2) is 0 Å². The molecule has 1 atom stereocenters. The van der Waals surface area contributed by atoms with E-state index < -0.39 is 0 Å². The van der Waals surface area contributed by atoms with Crippen molar-refractivity contribution < 1.29 is 31.6 Å².